The van der Waals surface area contributed by atoms with Crippen LogP contribution in [0.15, 0.2) is 0 Å². The molecule has 1 N–H and O–H groups in total. The molecule has 1 aliphatic carbocycles. The van der Waals surface area contributed by atoms with Crippen molar-refractivity contribution < 1.29 is 0 Å². The minimum absolute atomic E-state index is 0.499. The molecule has 0 radical (unpaired) electrons. The third-order valence-corrected chi connectivity index (χ3v) is 5.62. The molecule has 2 aliphatic rings. The first-order chi connectivity index (χ1) is 9.49. The van der Waals surface area contributed by atoms with Crippen molar-refractivity contribution in [2.24, 2.45) is 11.3 Å². The van der Waals surface area contributed by atoms with Crippen molar-refractivity contribution in [3.05, 3.63) is 0 Å². The largest absolute Gasteiger partial charge is 0.310 e. The van der Waals surface area contributed by atoms with E-state index in [0.717, 1.165) is 18.0 Å². The predicted octanol–water partition coefficient (Wildman–Crippen LogP) is 4.06. The van der Waals surface area contributed by atoms with Crippen LogP contribution in [0.1, 0.15) is 72.6 Å². The molecule has 0 aromatic carbocycles. The fourth-order valence-electron chi connectivity index (χ4n) is 4.15. The Labute approximate surface area is 126 Å². The zero-order valence-electron chi connectivity index (χ0n) is 14.3. The SMILES string of the molecule is CCN1CCCC(NC2CCCC(C(C)(C)C)CC2)C1. The van der Waals surface area contributed by atoms with Gasteiger partial charge in [0.05, 0.1) is 0 Å². The van der Waals surface area contributed by atoms with Gasteiger partial charge in [0.2, 0.25) is 0 Å². The molecule has 118 valence electrons. The van der Waals surface area contributed by atoms with E-state index < -0.39 is 0 Å². The lowest BCUT2D eigenvalue weighted by atomic mass is 9.76. The third kappa shape index (κ3) is 4.73. The summed E-state index contributed by atoms with van der Waals surface area (Å²) in [7, 11) is 0. The Kier molecular flexibility index (Phi) is 5.92. The summed E-state index contributed by atoms with van der Waals surface area (Å²) in [5.74, 6) is 0.924. The van der Waals surface area contributed by atoms with Gasteiger partial charge >= 0.3 is 0 Å². The molecule has 2 nitrogen and oxygen atoms in total. The van der Waals surface area contributed by atoms with Gasteiger partial charge < -0.3 is 10.2 Å². The molecular formula is C18H36N2. The fourth-order valence-corrected chi connectivity index (χ4v) is 4.15. The highest BCUT2D eigenvalue weighted by Crippen LogP contribution is 2.36. The second-order valence-electron chi connectivity index (χ2n) is 8.17. The molecule has 0 amide bonds. The molecule has 20 heavy (non-hydrogen) atoms. The quantitative estimate of drug-likeness (QED) is 0.784. The molecule has 1 aliphatic heterocycles. The molecule has 2 rings (SSSR count). The Morgan fingerprint density at radius 2 is 1.70 bits per heavy atom. The van der Waals surface area contributed by atoms with E-state index >= 15 is 0 Å². The summed E-state index contributed by atoms with van der Waals surface area (Å²) < 4.78 is 0. The monoisotopic (exact) mass is 280 g/mol. The number of piperidine rings is 1. The van der Waals surface area contributed by atoms with Crippen molar-refractivity contribution >= 4 is 0 Å². The fraction of sp³-hybridized carbons (Fsp3) is 1.00. The van der Waals surface area contributed by atoms with Crippen LogP contribution in [0.5, 0.6) is 0 Å². The molecule has 0 spiro atoms. The third-order valence-electron chi connectivity index (χ3n) is 5.62. The van der Waals surface area contributed by atoms with Crippen molar-refractivity contribution in [2.45, 2.75) is 84.7 Å². The molecule has 2 heteroatoms. The van der Waals surface area contributed by atoms with Gasteiger partial charge in [0, 0.05) is 18.6 Å². The maximum atomic E-state index is 3.99. The first kappa shape index (κ1) is 16.3. The van der Waals surface area contributed by atoms with Gasteiger partial charge in [-0.05, 0) is 62.9 Å². The zero-order valence-corrected chi connectivity index (χ0v) is 14.3. The van der Waals surface area contributed by atoms with E-state index in [-0.39, 0.29) is 0 Å². The molecule has 1 saturated carbocycles. The zero-order chi connectivity index (χ0) is 14.6. The Balaban J connectivity index is 1.79. The van der Waals surface area contributed by atoms with Crippen molar-refractivity contribution in [1.29, 1.82) is 0 Å². The number of nitrogens with zero attached hydrogens (tertiary/aromatic N) is 1. The molecule has 1 heterocycles. The number of likely N-dealkylation sites (tertiary alicyclic amines) is 1. The van der Waals surface area contributed by atoms with Gasteiger partial charge in [-0.1, -0.05) is 34.1 Å². The van der Waals surface area contributed by atoms with Crippen molar-refractivity contribution in [3.63, 3.8) is 0 Å². The Morgan fingerprint density at radius 1 is 0.950 bits per heavy atom. The maximum absolute atomic E-state index is 3.99. The standard InChI is InChI=1S/C18H36N2/c1-5-20-13-7-10-17(14-20)19-16-9-6-8-15(11-12-16)18(2,3)4/h15-17,19H,5-14H2,1-4H3. The van der Waals surface area contributed by atoms with Crippen LogP contribution < -0.4 is 5.32 Å². The van der Waals surface area contributed by atoms with Gasteiger partial charge in [0.25, 0.3) is 0 Å². The number of likely N-dealkylation sites (N-methyl/N-ethyl adjacent to an activating group) is 1. The van der Waals surface area contributed by atoms with Crippen LogP contribution in [0.4, 0.5) is 0 Å². The van der Waals surface area contributed by atoms with Crippen LogP contribution in [0.2, 0.25) is 0 Å². The topological polar surface area (TPSA) is 15.3 Å². The van der Waals surface area contributed by atoms with Crippen LogP contribution in [-0.4, -0.2) is 36.6 Å². The molecule has 0 aromatic rings. The highest BCUT2D eigenvalue weighted by Gasteiger charge is 2.29. The van der Waals surface area contributed by atoms with E-state index in [4.69, 9.17) is 0 Å². The number of hydrogen-bond donors (Lipinski definition) is 1. The van der Waals surface area contributed by atoms with E-state index in [2.05, 4.69) is 37.9 Å². The average Bonchev–Trinajstić information content (AvgIpc) is 2.64. The molecule has 3 unspecified atom stereocenters. The lowest BCUT2D eigenvalue weighted by Crippen LogP contribution is -2.48. The van der Waals surface area contributed by atoms with Crippen molar-refractivity contribution in [2.75, 3.05) is 19.6 Å². The molecule has 0 aromatic heterocycles. The summed E-state index contributed by atoms with van der Waals surface area (Å²) in [5, 5.41) is 3.99. The normalized spacial score (nSPS) is 33.9. The van der Waals surface area contributed by atoms with Crippen molar-refractivity contribution in [3.8, 4) is 0 Å². The maximum Gasteiger partial charge on any atom is 0.0198 e. The van der Waals surface area contributed by atoms with Gasteiger partial charge in [0.15, 0.2) is 0 Å². The molecule has 3 atom stereocenters. The summed E-state index contributed by atoms with van der Waals surface area (Å²) in [5.41, 5.74) is 0.499. The summed E-state index contributed by atoms with van der Waals surface area (Å²) in [6.45, 7) is 13.4. The average molecular weight is 280 g/mol. The highest BCUT2D eigenvalue weighted by atomic mass is 15.2. The summed E-state index contributed by atoms with van der Waals surface area (Å²) in [6, 6.07) is 1.53. The Morgan fingerprint density at radius 3 is 2.40 bits per heavy atom. The first-order valence-electron chi connectivity index (χ1n) is 8.97. The van der Waals surface area contributed by atoms with E-state index in [1.807, 2.05) is 0 Å². The van der Waals surface area contributed by atoms with E-state index in [9.17, 15) is 0 Å². The lowest BCUT2D eigenvalue weighted by molar-refractivity contribution is 0.184. The van der Waals surface area contributed by atoms with Gasteiger partial charge in [-0.15, -0.1) is 0 Å². The highest BCUT2D eigenvalue weighted by molar-refractivity contribution is 4.85. The van der Waals surface area contributed by atoms with E-state index in [1.54, 1.807) is 0 Å². The lowest BCUT2D eigenvalue weighted by Gasteiger charge is -2.35. The summed E-state index contributed by atoms with van der Waals surface area (Å²) >= 11 is 0. The van der Waals surface area contributed by atoms with E-state index in [1.165, 1.54) is 64.6 Å². The Hall–Kier alpha value is -0.0800. The molecule has 2 fully saturated rings. The van der Waals surface area contributed by atoms with Gasteiger partial charge in [-0.3, -0.25) is 0 Å². The van der Waals surface area contributed by atoms with Crippen molar-refractivity contribution in [1.82, 2.24) is 10.2 Å². The Bertz CT molecular complexity index is 282. The summed E-state index contributed by atoms with van der Waals surface area (Å²) in [6.07, 6.45) is 9.83. The molecule has 0 bridgehead atoms. The molecular weight excluding hydrogens is 244 g/mol. The van der Waals surface area contributed by atoms with Crippen LogP contribution in [-0.2, 0) is 0 Å². The van der Waals surface area contributed by atoms with Gasteiger partial charge in [-0.2, -0.15) is 0 Å². The number of hydrogen-bond acceptors (Lipinski definition) is 2. The number of rotatable bonds is 3. The smallest absolute Gasteiger partial charge is 0.0198 e. The second kappa shape index (κ2) is 7.26. The first-order valence-corrected chi connectivity index (χ1v) is 8.97. The minimum atomic E-state index is 0.499. The van der Waals surface area contributed by atoms with Crippen LogP contribution in [0.25, 0.3) is 0 Å². The summed E-state index contributed by atoms with van der Waals surface area (Å²) in [4.78, 5) is 2.61. The predicted molar refractivity (Wildman–Crippen MR) is 88.1 cm³/mol. The van der Waals surface area contributed by atoms with E-state index in [0.29, 0.717) is 5.41 Å². The van der Waals surface area contributed by atoms with Gasteiger partial charge in [0.1, 0.15) is 0 Å². The second-order valence-corrected chi connectivity index (χ2v) is 8.17. The van der Waals surface area contributed by atoms with Crippen LogP contribution >= 0.6 is 0 Å². The van der Waals surface area contributed by atoms with Crippen LogP contribution in [0, 0.1) is 11.3 Å². The number of nitrogens with one attached hydrogen (secondary N) is 1. The van der Waals surface area contributed by atoms with Gasteiger partial charge in [-0.25, -0.2) is 0 Å². The van der Waals surface area contributed by atoms with Crippen LogP contribution in [0.3, 0.4) is 0 Å². The minimum Gasteiger partial charge on any atom is -0.310 e. The molecule has 1 saturated heterocycles.